The van der Waals surface area contributed by atoms with E-state index in [1.807, 2.05) is 42.5 Å². The van der Waals surface area contributed by atoms with Crippen molar-refractivity contribution >= 4 is 5.78 Å². The van der Waals surface area contributed by atoms with Gasteiger partial charge in [-0.3, -0.25) is 4.79 Å². The lowest BCUT2D eigenvalue weighted by atomic mass is 10.0. The molecule has 0 radical (unpaired) electrons. The lowest BCUT2D eigenvalue weighted by molar-refractivity contribution is 0.104. The van der Waals surface area contributed by atoms with Gasteiger partial charge in [-0.2, -0.15) is 0 Å². The van der Waals surface area contributed by atoms with E-state index in [2.05, 4.69) is 0 Å². The second-order valence-electron chi connectivity index (χ2n) is 3.62. The van der Waals surface area contributed by atoms with Crippen LogP contribution in [0.5, 0.6) is 0 Å². The molecule has 0 saturated carbocycles. The van der Waals surface area contributed by atoms with Gasteiger partial charge < -0.3 is 5.11 Å². The van der Waals surface area contributed by atoms with Gasteiger partial charge in [-0.15, -0.1) is 0 Å². The fourth-order valence-corrected chi connectivity index (χ4v) is 1.62. The van der Waals surface area contributed by atoms with E-state index in [4.69, 9.17) is 5.11 Å². The van der Waals surface area contributed by atoms with Gasteiger partial charge in [-0.1, -0.05) is 54.6 Å². The van der Waals surface area contributed by atoms with E-state index in [-0.39, 0.29) is 5.78 Å². The number of carbonyl (C=O) groups is 1. The molecule has 0 spiro atoms. The number of benzene rings is 2. The summed E-state index contributed by atoms with van der Waals surface area (Å²) in [5, 5.41) is 8.53. The van der Waals surface area contributed by atoms with E-state index in [0.29, 0.717) is 5.56 Å². The second-order valence-corrected chi connectivity index (χ2v) is 3.62. The van der Waals surface area contributed by atoms with E-state index in [9.17, 15) is 4.79 Å². The third-order valence-electron chi connectivity index (χ3n) is 2.50. The van der Waals surface area contributed by atoms with Gasteiger partial charge in [0, 0.05) is 11.6 Å². The van der Waals surface area contributed by atoms with Crippen molar-refractivity contribution in [2.24, 2.45) is 0 Å². The largest absolute Gasteiger partial charge is 0.515 e. The number of rotatable bonds is 3. The normalized spacial score (nSPS) is 10.6. The molecule has 84 valence electrons. The average molecular weight is 224 g/mol. The lowest BCUT2D eigenvalue weighted by Gasteiger charge is -2.02. The van der Waals surface area contributed by atoms with Crippen molar-refractivity contribution in [1.82, 2.24) is 0 Å². The molecule has 0 heterocycles. The molecule has 0 aliphatic heterocycles. The Bertz CT molecular complexity index is 525. The second kappa shape index (κ2) is 5.12. The highest BCUT2D eigenvalue weighted by molar-refractivity contribution is 6.04. The molecule has 2 nitrogen and oxygen atoms in total. The summed E-state index contributed by atoms with van der Waals surface area (Å²) in [5.74, 6) is -0.202. The molecular formula is C15H12O2. The average Bonchev–Trinajstić information content (AvgIpc) is 2.40. The summed E-state index contributed by atoms with van der Waals surface area (Å²) in [6.45, 7) is 0. The number of aliphatic hydroxyl groups is 1. The molecule has 2 aromatic carbocycles. The van der Waals surface area contributed by atoms with E-state index in [1.54, 1.807) is 12.1 Å². The molecule has 0 bridgehead atoms. The van der Waals surface area contributed by atoms with Crippen molar-refractivity contribution in [3.05, 3.63) is 72.5 Å². The first kappa shape index (κ1) is 11.1. The van der Waals surface area contributed by atoms with E-state index in [0.717, 1.165) is 23.5 Å². The number of carbonyl (C=O) groups excluding carboxylic acids is 1. The van der Waals surface area contributed by atoms with Crippen LogP contribution in [-0.4, -0.2) is 10.9 Å². The van der Waals surface area contributed by atoms with Gasteiger partial charge in [0.05, 0.1) is 6.26 Å². The van der Waals surface area contributed by atoms with Crippen molar-refractivity contribution in [3.63, 3.8) is 0 Å². The molecule has 2 heteroatoms. The molecule has 0 aliphatic rings. The smallest absolute Gasteiger partial charge is 0.188 e. The summed E-state index contributed by atoms with van der Waals surface area (Å²) in [5.41, 5.74) is 2.74. The number of aliphatic hydroxyl groups excluding tert-OH is 1. The Kier molecular flexibility index (Phi) is 3.36. The maximum atomic E-state index is 11.4. The Hall–Kier alpha value is -2.35. The summed E-state index contributed by atoms with van der Waals surface area (Å²) in [6.07, 6.45) is 1.89. The molecule has 0 atom stereocenters. The van der Waals surface area contributed by atoms with E-state index >= 15 is 0 Å². The van der Waals surface area contributed by atoms with Gasteiger partial charge in [0.15, 0.2) is 5.78 Å². The van der Waals surface area contributed by atoms with Gasteiger partial charge in [-0.05, 0) is 11.1 Å². The lowest BCUT2D eigenvalue weighted by Crippen LogP contribution is -1.93. The molecule has 0 unspecified atom stereocenters. The Balaban J connectivity index is 2.28. The zero-order valence-electron chi connectivity index (χ0n) is 9.21. The van der Waals surface area contributed by atoms with Crippen molar-refractivity contribution in [2.45, 2.75) is 0 Å². The van der Waals surface area contributed by atoms with Crippen LogP contribution >= 0.6 is 0 Å². The Labute approximate surface area is 99.8 Å². The van der Waals surface area contributed by atoms with Gasteiger partial charge in [0.25, 0.3) is 0 Å². The fourth-order valence-electron chi connectivity index (χ4n) is 1.62. The van der Waals surface area contributed by atoms with Crippen molar-refractivity contribution < 1.29 is 9.90 Å². The van der Waals surface area contributed by atoms with Crippen LogP contribution in [0.15, 0.2) is 66.9 Å². The first-order valence-corrected chi connectivity index (χ1v) is 5.32. The summed E-state index contributed by atoms with van der Waals surface area (Å²) < 4.78 is 0. The first-order chi connectivity index (χ1) is 8.31. The first-order valence-electron chi connectivity index (χ1n) is 5.32. The van der Waals surface area contributed by atoms with Crippen molar-refractivity contribution in [2.75, 3.05) is 0 Å². The quantitative estimate of drug-likeness (QED) is 0.491. The van der Waals surface area contributed by atoms with Crippen LogP contribution in [0, 0.1) is 0 Å². The molecule has 0 saturated heterocycles. The third kappa shape index (κ3) is 2.61. The number of ketones is 1. The van der Waals surface area contributed by atoms with E-state index < -0.39 is 0 Å². The zero-order chi connectivity index (χ0) is 12.1. The maximum absolute atomic E-state index is 11.4. The minimum absolute atomic E-state index is 0.202. The Morgan fingerprint density at radius 2 is 1.47 bits per heavy atom. The monoisotopic (exact) mass is 224 g/mol. The number of hydrogen-bond acceptors (Lipinski definition) is 2. The Morgan fingerprint density at radius 1 is 0.882 bits per heavy atom. The molecule has 0 amide bonds. The standard InChI is InChI=1S/C15H12O2/c16-11-10-15(17)14-8-6-13(7-9-14)12-4-2-1-3-5-12/h1-11,16H/b11-10+. The predicted octanol–water partition coefficient (Wildman–Crippen LogP) is 3.61. The van der Waals surface area contributed by atoms with Gasteiger partial charge in [-0.25, -0.2) is 0 Å². The predicted molar refractivity (Wildman–Crippen MR) is 68.0 cm³/mol. The van der Waals surface area contributed by atoms with Gasteiger partial charge in [0.2, 0.25) is 0 Å². The molecule has 17 heavy (non-hydrogen) atoms. The topological polar surface area (TPSA) is 37.3 Å². The fraction of sp³-hybridized carbons (Fsp3) is 0. The molecule has 2 aromatic rings. The highest BCUT2D eigenvalue weighted by atomic mass is 16.2. The highest BCUT2D eigenvalue weighted by Gasteiger charge is 2.02. The van der Waals surface area contributed by atoms with Gasteiger partial charge >= 0.3 is 0 Å². The minimum Gasteiger partial charge on any atom is -0.515 e. The third-order valence-corrected chi connectivity index (χ3v) is 2.50. The molecule has 0 aromatic heterocycles. The molecule has 1 N–H and O–H groups in total. The maximum Gasteiger partial charge on any atom is 0.188 e. The van der Waals surface area contributed by atoms with Crippen molar-refractivity contribution in [3.8, 4) is 11.1 Å². The van der Waals surface area contributed by atoms with Crippen molar-refractivity contribution in [1.29, 1.82) is 0 Å². The van der Waals surface area contributed by atoms with Crippen LogP contribution in [0.25, 0.3) is 11.1 Å². The van der Waals surface area contributed by atoms with Crippen LogP contribution < -0.4 is 0 Å². The van der Waals surface area contributed by atoms with Gasteiger partial charge in [0.1, 0.15) is 0 Å². The zero-order valence-corrected chi connectivity index (χ0v) is 9.21. The van der Waals surface area contributed by atoms with Crippen LogP contribution in [-0.2, 0) is 0 Å². The molecule has 2 rings (SSSR count). The number of hydrogen-bond donors (Lipinski definition) is 1. The summed E-state index contributed by atoms with van der Waals surface area (Å²) >= 11 is 0. The molecule has 0 aliphatic carbocycles. The van der Waals surface area contributed by atoms with E-state index in [1.165, 1.54) is 0 Å². The Morgan fingerprint density at radius 3 is 2.06 bits per heavy atom. The van der Waals surface area contributed by atoms with Crippen LogP contribution in [0.3, 0.4) is 0 Å². The SMILES string of the molecule is O=C(/C=C/O)c1ccc(-c2ccccc2)cc1. The summed E-state index contributed by atoms with van der Waals surface area (Å²) in [4.78, 5) is 11.4. The van der Waals surface area contributed by atoms with Crippen LogP contribution in [0.4, 0.5) is 0 Å². The summed E-state index contributed by atoms with van der Waals surface area (Å²) in [7, 11) is 0. The summed E-state index contributed by atoms with van der Waals surface area (Å²) in [6, 6.07) is 17.3. The minimum atomic E-state index is -0.202. The number of allylic oxidation sites excluding steroid dienone is 1. The molecular weight excluding hydrogens is 212 g/mol. The highest BCUT2D eigenvalue weighted by Crippen LogP contribution is 2.19. The van der Waals surface area contributed by atoms with Crippen LogP contribution in [0.1, 0.15) is 10.4 Å². The molecule has 0 fully saturated rings. The van der Waals surface area contributed by atoms with Crippen LogP contribution in [0.2, 0.25) is 0 Å².